The molecule has 0 radical (unpaired) electrons. The Morgan fingerprint density at radius 1 is 1.06 bits per heavy atom. The summed E-state index contributed by atoms with van der Waals surface area (Å²) in [6, 6.07) is 0. The van der Waals surface area contributed by atoms with Gasteiger partial charge in [-0.05, 0) is 30.6 Å². The zero-order valence-corrected chi connectivity index (χ0v) is 12.0. The van der Waals surface area contributed by atoms with E-state index in [0.717, 1.165) is 17.8 Å². The third-order valence-electron chi connectivity index (χ3n) is 4.17. The van der Waals surface area contributed by atoms with E-state index in [9.17, 15) is 0 Å². The molecular formula is C16H32. The fourth-order valence-electron chi connectivity index (χ4n) is 2.60. The van der Waals surface area contributed by atoms with E-state index in [2.05, 4.69) is 40.3 Å². The zero-order chi connectivity index (χ0) is 12.4. The Morgan fingerprint density at radius 3 is 2.25 bits per heavy atom. The van der Waals surface area contributed by atoms with Crippen LogP contribution < -0.4 is 0 Å². The monoisotopic (exact) mass is 224 g/mol. The molecule has 0 amide bonds. The average molecular weight is 224 g/mol. The lowest BCUT2D eigenvalue weighted by molar-refractivity contribution is 0.228. The summed E-state index contributed by atoms with van der Waals surface area (Å²) >= 11 is 0. The second kappa shape index (κ2) is 9.93. The van der Waals surface area contributed by atoms with E-state index in [4.69, 9.17) is 0 Å². The van der Waals surface area contributed by atoms with Gasteiger partial charge in [0.15, 0.2) is 0 Å². The van der Waals surface area contributed by atoms with Gasteiger partial charge in [0.25, 0.3) is 0 Å². The average Bonchev–Trinajstić information content (AvgIpc) is 2.31. The van der Waals surface area contributed by atoms with Crippen molar-refractivity contribution in [3.63, 3.8) is 0 Å². The van der Waals surface area contributed by atoms with Crippen LogP contribution in [0.25, 0.3) is 0 Å². The first-order chi connectivity index (χ1) is 7.67. The van der Waals surface area contributed by atoms with Crippen LogP contribution in [0.15, 0.2) is 12.7 Å². The van der Waals surface area contributed by atoms with Crippen molar-refractivity contribution in [1.29, 1.82) is 0 Å². The molecule has 0 spiro atoms. The lowest BCUT2D eigenvalue weighted by Gasteiger charge is -2.28. The Kier molecular flexibility index (Phi) is 9.77. The van der Waals surface area contributed by atoms with Crippen LogP contribution in [0.2, 0.25) is 0 Å². The maximum Gasteiger partial charge on any atom is -0.0351 e. The molecule has 0 nitrogen and oxygen atoms in total. The third-order valence-corrected chi connectivity index (χ3v) is 4.17. The van der Waals surface area contributed by atoms with Gasteiger partial charge in [0.1, 0.15) is 0 Å². The molecule has 0 heterocycles. The van der Waals surface area contributed by atoms with Crippen LogP contribution in [0.5, 0.6) is 0 Å². The predicted octanol–water partition coefficient (Wildman–Crippen LogP) is 5.83. The van der Waals surface area contributed by atoms with Gasteiger partial charge in [0, 0.05) is 0 Å². The van der Waals surface area contributed by atoms with E-state index in [-0.39, 0.29) is 0 Å². The van der Waals surface area contributed by atoms with Gasteiger partial charge in [-0.1, -0.05) is 65.9 Å². The Morgan fingerprint density at radius 2 is 1.75 bits per heavy atom. The molecule has 0 aromatic rings. The standard InChI is InChI=1S/C16H32/c1-6-9-11-13-16(8-3)15(5)14(4)12-10-7-2/h7,14-16H,2,6,8-13H2,1,3-5H3. The molecule has 96 valence electrons. The van der Waals surface area contributed by atoms with Crippen LogP contribution in [0, 0.1) is 17.8 Å². The normalized spacial score (nSPS) is 16.8. The summed E-state index contributed by atoms with van der Waals surface area (Å²) in [6.07, 6.45) is 11.5. The van der Waals surface area contributed by atoms with Crippen LogP contribution in [0.3, 0.4) is 0 Å². The Balaban J connectivity index is 3.96. The molecule has 3 atom stereocenters. The minimum Gasteiger partial charge on any atom is -0.103 e. The summed E-state index contributed by atoms with van der Waals surface area (Å²) in [5.41, 5.74) is 0. The second-order valence-electron chi connectivity index (χ2n) is 5.37. The topological polar surface area (TPSA) is 0 Å². The van der Waals surface area contributed by atoms with Gasteiger partial charge >= 0.3 is 0 Å². The third kappa shape index (κ3) is 6.35. The van der Waals surface area contributed by atoms with E-state index in [1.54, 1.807) is 0 Å². The Labute approximate surface area is 104 Å². The van der Waals surface area contributed by atoms with E-state index < -0.39 is 0 Å². The SMILES string of the molecule is C=CCCC(C)C(C)C(CC)CCCCC. The zero-order valence-electron chi connectivity index (χ0n) is 12.0. The second-order valence-corrected chi connectivity index (χ2v) is 5.37. The Bertz CT molecular complexity index is 159. The van der Waals surface area contributed by atoms with Gasteiger partial charge in [-0.15, -0.1) is 6.58 Å². The van der Waals surface area contributed by atoms with E-state index in [1.807, 2.05) is 0 Å². The molecule has 0 aliphatic rings. The summed E-state index contributed by atoms with van der Waals surface area (Å²) in [5.74, 6) is 2.66. The number of hydrogen-bond acceptors (Lipinski definition) is 0. The van der Waals surface area contributed by atoms with Crippen molar-refractivity contribution in [2.75, 3.05) is 0 Å². The van der Waals surface area contributed by atoms with Crippen molar-refractivity contribution in [2.45, 2.75) is 72.6 Å². The number of allylic oxidation sites excluding steroid dienone is 1. The summed E-state index contributed by atoms with van der Waals surface area (Å²) in [6.45, 7) is 13.3. The molecule has 3 unspecified atom stereocenters. The van der Waals surface area contributed by atoms with Crippen molar-refractivity contribution in [1.82, 2.24) is 0 Å². The first-order valence-corrected chi connectivity index (χ1v) is 7.28. The first kappa shape index (κ1) is 15.7. The van der Waals surface area contributed by atoms with Gasteiger partial charge in [-0.3, -0.25) is 0 Å². The molecule has 0 aliphatic carbocycles. The maximum absolute atomic E-state index is 3.82. The fraction of sp³-hybridized carbons (Fsp3) is 0.875. The minimum absolute atomic E-state index is 0.851. The molecule has 16 heavy (non-hydrogen) atoms. The highest BCUT2D eigenvalue weighted by atomic mass is 14.3. The molecular weight excluding hydrogens is 192 g/mol. The van der Waals surface area contributed by atoms with E-state index in [0.29, 0.717) is 0 Å². The summed E-state index contributed by atoms with van der Waals surface area (Å²) in [5, 5.41) is 0. The quantitative estimate of drug-likeness (QED) is 0.323. The lowest BCUT2D eigenvalue weighted by Crippen LogP contribution is -2.18. The first-order valence-electron chi connectivity index (χ1n) is 7.28. The molecule has 0 fully saturated rings. The molecule has 0 N–H and O–H groups in total. The highest BCUT2D eigenvalue weighted by Crippen LogP contribution is 2.30. The van der Waals surface area contributed by atoms with Gasteiger partial charge in [0.2, 0.25) is 0 Å². The largest absolute Gasteiger partial charge is 0.103 e. The minimum atomic E-state index is 0.851. The summed E-state index contributed by atoms with van der Waals surface area (Å²) in [7, 11) is 0. The molecule has 0 saturated carbocycles. The van der Waals surface area contributed by atoms with Crippen molar-refractivity contribution in [2.24, 2.45) is 17.8 Å². The van der Waals surface area contributed by atoms with Gasteiger partial charge in [-0.2, -0.15) is 0 Å². The highest BCUT2D eigenvalue weighted by molar-refractivity contribution is 4.74. The van der Waals surface area contributed by atoms with Gasteiger partial charge < -0.3 is 0 Å². The predicted molar refractivity (Wildman–Crippen MR) is 75.7 cm³/mol. The van der Waals surface area contributed by atoms with Gasteiger partial charge in [-0.25, -0.2) is 0 Å². The Hall–Kier alpha value is -0.260. The lowest BCUT2D eigenvalue weighted by atomic mass is 9.78. The number of hydrogen-bond donors (Lipinski definition) is 0. The highest BCUT2D eigenvalue weighted by Gasteiger charge is 2.20. The van der Waals surface area contributed by atoms with Crippen LogP contribution in [0.4, 0.5) is 0 Å². The van der Waals surface area contributed by atoms with E-state index >= 15 is 0 Å². The molecule has 0 aromatic carbocycles. The van der Waals surface area contributed by atoms with Crippen molar-refractivity contribution in [3.8, 4) is 0 Å². The van der Waals surface area contributed by atoms with Crippen LogP contribution in [-0.4, -0.2) is 0 Å². The molecule has 0 aromatic heterocycles. The van der Waals surface area contributed by atoms with Gasteiger partial charge in [0.05, 0.1) is 0 Å². The molecule has 0 saturated heterocycles. The maximum atomic E-state index is 3.82. The van der Waals surface area contributed by atoms with Crippen LogP contribution in [-0.2, 0) is 0 Å². The summed E-state index contributed by atoms with van der Waals surface area (Å²) in [4.78, 5) is 0. The van der Waals surface area contributed by atoms with Crippen molar-refractivity contribution < 1.29 is 0 Å². The molecule has 0 rings (SSSR count). The van der Waals surface area contributed by atoms with Crippen LogP contribution >= 0.6 is 0 Å². The molecule has 0 aliphatic heterocycles. The smallest absolute Gasteiger partial charge is 0.0351 e. The summed E-state index contributed by atoms with van der Waals surface area (Å²) < 4.78 is 0. The number of rotatable bonds is 10. The fourth-order valence-corrected chi connectivity index (χ4v) is 2.60. The molecule has 0 heteroatoms. The van der Waals surface area contributed by atoms with Crippen LogP contribution in [0.1, 0.15) is 72.6 Å². The van der Waals surface area contributed by atoms with Crippen molar-refractivity contribution >= 4 is 0 Å². The number of unbranched alkanes of at least 4 members (excludes halogenated alkanes) is 2. The van der Waals surface area contributed by atoms with E-state index in [1.165, 1.54) is 44.9 Å². The molecule has 0 bridgehead atoms. The van der Waals surface area contributed by atoms with Crippen molar-refractivity contribution in [3.05, 3.63) is 12.7 Å².